The van der Waals surface area contributed by atoms with Crippen molar-refractivity contribution in [3.8, 4) is 11.5 Å². The van der Waals surface area contributed by atoms with Gasteiger partial charge in [-0.3, -0.25) is 9.59 Å². The molecule has 3 rings (SSSR count). The Balaban J connectivity index is 1.63. The number of nitrogens with zero attached hydrogens (tertiary/aromatic N) is 3. The minimum atomic E-state index is -4.43. The van der Waals surface area contributed by atoms with Crippen LogP contribution in [0.15, 0.2) is 36.5 Å². The molecule has 2 aromatic rings. The lowest BCUT2D eigenvalue weighted by Crippen LogP contribution is -2.35. The van der Waals surface area contributed by atoms with E-state index in [4.69, 9.17) is 9.47 Å². The Kier molecular flexibility index (Phi) is 8.42. The SMILES string of the molecule is COc1cc(C(=O)N2CCCN(c3ccc(C(F)(F)F)cn3)CC2)ccc1OCC(=O)NC(C)C. The molecule has 8 nitrogen and oxygen atoms in total. The molecule has 0 unspecified atom stereocenters. The van der Waals surface area contributed by atoms with Crippen molar-refractivity contribution in [2.45, 2.75) is 32.5 Å². The number of ether oxygens (including phenoxy) is 2. The quantitative estimate of drug-likeness (QED) is 0.636. The van der Waals surface area contributed by atoms with Gasteiger partial charge in [-0.05, 0) is 50.6 Å². The number of amides is 2. The molecule has 11 heteroatoms. The first kappa shape index (κ1) is 26.1. The van der Waals surface area contributed by atoms with Crippen LogP contribution in [0.3, 0.4) is 0 Å². The molecule has 1 aliphatic heterocycles. The lowest BCUT2D eigenvalue weighted by molar-refractivity contribution is -0.137. The number of halogens is 3. The topological polar surface area (TPSA) is 84.0 Å². The fraction of sp³-hybridized carbons (Fsp3) is 0.458. The third-order valence-electron chi connectivity index (χ3n) is 5.40. The maximum atomic E-state index is 13.1. The van der Waals surface area contributed by atoms with Crippen LogP contribution >= 0.6 is 0 Å². The highest BCUT2D eigenvalue weighted by molar-refractivity contribution is 5.95. The highest BCUT2D eigenvalue weighted by atomic mass is 19.4. The molecule has 35 heavy (non-hydrogen) atoms. The molecule has 1 saturated heterocycles. The second-order valence-electron chi connectivity index (χ2n) is 8.41. The van der Waals surface area contributed by atoms with Crippen LogP contribution in [0.1, 0.15) is 36.2 Å². The molecule has 2 amide bonds. The minimum absolute atomic E-state index is 0.00688. The fourth-order valence-electron chi connectivity index (χ4n) is 3.70. The third-order valence-corrected chi connectivity index (χ3v) is 5.40. The normalized spacial score (nSPS) is 14.5. The molecule has 1 aromatic heterocycles. The minimum Gasteiger partial charge on any atom is -0.493 e. The molecular formula is C24H29F3N4O4. The van der Waals surface area contributed by atoms with E-state index in [2.05, 4.69) is 10.3 Å². The number of benzene rings is 1. The molecule has 0 saturated carbocycles. The smallest absolute Gasteiger partial charge is 0.417 e. The van der Waals surface area contributed by atoms with Crippen molar-refractivity contribution in [2.24, 2.45) is 0 Å². The van der Waals surface area contributed by atoms with E-state index in [0.29, 0.717) is 55.5 Å². The van der Waals surface area contributed by atoms with Crippen LogP contribution in [0.2, 0.25) is 0 Å². The lowest BCUT2D eigenvalue weighted by Gasteiger charge is -2.23. The van der Waals surface area contributed by atoms with Gasteiger partial charge in [0.2, 0.25) is 0 Å². The third kappa shape index (κ3) is 7.00. The van der Waals surface area contributed by atoms with Crippen LogP contribution in [-0.2, 0) is 11.0 Å². The molecule has 0 bridgehead atoms. The zero-order valence-corrected chi connectivity index (χ0v) is 19.9. The van der Waals surface area contributed by atoms with E-state index < -0.39 is 11.7 Å². The molecule has 1 N–H and O–H groups in total. The van der Waals surface area contributed by atoms with Crippen molar-refractivity contribution in [1.29, 1.82) is 0 Å². The molecule has 1 fully saturated rings. The van der Waals surface area contributed by atoms with Gasteiger partial charge in [0.25, 0.3) is 11.8 Å². The first-order valence-electron chi connectivity index (χ1n) is 11.3. The standard InChI is InChI=1S/C24H29F3N4O4/c1-16(2)29-22(32)15-35-19-7-5-17(13-20(19)34-3)23(33)31-10-4-9-30(11-12-31)21-8-6-18(14-28-21)24(25,26)27/h5-8,13-14,16H,4,9-12,15H2,1-3H3,(H,29,32). The van der Waals surface area contributed by atoms with Crippen molar-refractivity contribution in [3.05, 3.63) is 47.7 Å². The van der Waals surface area contributed by atoms with Gasteiger partial charge in [0.05, 0.1) is 12.7 Å². The first-order valence-corrected chi connectivity index (χ1v) is 11.3. The number of methoxy groups -OCH3 is 1. The predicted molar refractivity (Wildman–Crippen MR) is 124 cm³/mol. The number of carbonyl (C=O) groups is 2. The van der Waals surface area contributed by atoms with E-state index in [1.54, 1.807) is 23.1 Å². The zero-order chi connectivity index (χ0) is 25.6. The molecule has 0 atom stereocenters. The highest BCUT2D eigenvalue weighted by Gasteiger charge is 2.31. The fourth-order valence-corrected chi connectivity index (χ4v) is 3.70. The summed E-state index contributed by atoms with van der Waals surface area (Å²) >= 11 is 0. The van der Waals surface area contributed by atoms with E-state index >= 15 is 0 Å². The van der Waals surface area contributed by atoms with Crippen molar-refractivity contribution in [3.63, 3.8) is 0 Å². The highest BCUT2D eigenvalue weighted by Crippen LogP contribution is 2.30. The van der Waals surface area contributed by atoms with Gasteiger partial charge in [-0.1, -0.05) is 0 Å². The Hall–Kier alpha value is -3.50. The molecular weight excluding hydrogens is 465 g/mol. The number of hydrogen-bond donors (Lipinski definition) is 1. The molecule has 1 aliphatic rings. The maximum absolute atomic E-state index is 13.1. The summed E-state index contributed by atoms with van der Waals surface area (Å²) in [7, 11) is 1.45. The average molecular weight is 495 g/mol. The summed E-state index contributed by atoms with van der Waals surface area (Å²) in [6, 6.07) is 7.13. The number of alkyl halides is 3. The maximum Gasteiger partial charge on any atom is 0.417 e. The Morgan fingerprint density at radius 3 is 2.49 bits per heavy atom. The molecule has 0 aliphatic carbocycles. The van der Waals surface area contributed by atoms with Gasteiger partial charge in [-0.25, -0.2) is 4.98 Å². The van der Waals surface area contributed by atoms with Gasteiger partial charge >= 0.3 is 6.18 Å². The van der Waals surface area contributed by atoms with E-state index in [0.717, 1.165) is 12.3 Å². The molecule has 1 aromatic carbocycles. The van der Waals surface area contributed by atoms with Crippen molar-refractivity contribution in [1.82, 2.24) is 15.2 Å². The summed E-state index contributed by atoms with van der Waals surface area (Å²) in [5.74, 6) is 0.655. The second-order valence-corrected chi connectivity index (χ2v) is 8.41. The van der Waals surface area contributed by atoms with Gasteiger partial charge in [0.1, 0.15) is 5.82 Å². The van der Waals surface area contributed by atoms with E-state index in [1.807, 2.05) is 18.7 Å². The summed E-state index contributed by atoms with van der Waals surface area (Å²) in [6.45, 7) is 5.40. The van der Waals surface area contributed by atoms with Gasteiger partial charge < -0.3 is 24.6 Å². The molecule has 2 heterocycles. The van der Waals surface area contributed by atoms with Gasteiger partial charge in [-0.2, -0.15) is 13.2 Å². The first-order chi connectivity index (χ1) is 16.6. The number of aromatic nitrogens is 1. The van der Waals surface area contributed by atoms with Crippen LogP contribution in [0.25, 0.3) is 0 Å². The lowest BCUT2D eigenvalue weighted by atomic mass is 10.1. The van der Waals surface area contributed by atoms with E-state index in [9.17, 15) is 22.8 Å². The van der Waals surface area contributed by atoms with Gasteiger partial charge in [0, 0.05) is 44.0 Å². The molecule has 190 valence electrons. The summed E-state index contributed by atoms with van der Waals surface area (Å²) in [5, 5.41) is 2.73. The monoisotopic (exact) mass is 494 g/mol. The zero-order valence-electron chi connectivity index (χ0n) is 19.9. The second kappa shape index (κ2) is 11.3. The Bertz CT molecular complexity index is 1030. The van der Waals surface area contributed by atoms with Gasteiger partial charge in [-0.15, -0.1) is 0 Å². The number of anilines is 1. The Labute approximate surface area is 202 Å². The van der Waals surface area contributed by atoms with Crippen LogP contribution in [0.4, 0.5) is 19.0 Å². The molecule has 0 radical (unpaired) electrons. The van der Waals surface area contributed by atoms with Crippen LogP contribution in [0.5, 0.6) is 11.5 Å². The van der Waals surface area contributed by atoms with Crippen LogP contribution in [0, 0.1) is 0 Å². The van der Waals surface area contributed by atoms with E-state index in [1.165, 1.54) is 13.2 Å². The Morgan fingerprint density at radius 2 is 1.86 bits per heavy atom. The van der Waals surface area contributed by atoms with E-state index in [-0.39, 0.29) is 24.5 Å². The Morgan fingerprint density at radius 1 is 1.09 bits per heavy atom. The van der Waals surface area contributed by atoms with Gasteiger partial charge in [0.15, 0.2) is 18.1 Å². The number of hydrogen-bond acceptors (Lipinski definition) is 6. The molecule has 0 spiro atoms. The number of carbonyl (C=O) groups excluding carboxylic acids is 2. The van der Waals surface area contributed by atoms with Crippen LogP contribution in [-0.4, -0.2) is 67.6 Å². The van der Waals surface area contributed by atoms with Crippen LogP contribution < -0.4 is 19.7 Å². The van der Waals surface area contributed by atoms with Crippen molar-refractivity contribution >= 4 is 17.6 Å². The van der Waals surface area contributed by atoms with Crippen molar-refractivity contribution < 1.29 is 32.2 Å². The summed E-state index contributed by atoms with van der Waals surface area (Å²) in [6.07, 6.45) is -2.97. The van der Waals surface area contributed by atoms with Crippen molar-refractivity contribution in [2.75, 3.05) is 44.8 Å². The summed E-state index contributed by atoms with van der Waals surface area (Å²) < 4.78 is 49.3. The number of pyridine rings is 1. The summed E-state index contributed by atoms with van der Waals surface area (Å²) in [4.78, 5) is 32.5. The summed E-state index contributed by atoms with van der Waals surface area (Å²) in [5.41, 5.74) is -0.392. The predicted octanol–water partition coefficient (Wildman–Crippen LogP) is 3.36. The largest absolute Gasteiger partial charge is 0.493 e. The average Bonchev–Trinajstić information content (AvgIpc) is 3.07. The number of rotatable bonds is 7. The number of nitrogens with one attached hydrogen (secondary N) is 1.